The highest BCUT2D eigenvalue weighted by atomic mass is 16.5. The molecule has 0 radical (unpaired) electrons. The average molecular weight is 351 g/mol. The number of hydrogen-bond donors (Lipinski definition) is 2. The molecule has 2 heterocycles. The Morgan fingerprint density at radius 2 is 2.00 bits per heavy atom. The number of anilines is 1. The number of methoxy groups -OCH3 is 1. The van der Waals surface area contributed by atoms with E-state index in [0.717, 1.165) is 28.2 Å². The Kier molecular flexibility index (Phi) is 4.18. The number of ether oxygens (including phenoxy) is 2. The van der Waals surface area contributed by atoms with Crippen LogP contribution in [0.5, 0.6) is 11.5 Å². The van der Waals surface area contributed by atoms with Crippen molar-refractivity contribution in [1.29, 1.82) is 0 Å². The Balaban J connectivity index is 1.46. The molecule has 7 nitrogen and oxygen atoms in total. The third kappa shape index (κ3) is 2.95. The number of nitrogens with one attached hydrogen (secondary N) is 2. The average Bonchev–Trinajstić information content (AvgIpc) is 3.10. The molecule has 1 aliphatic rings. The normalized spacial score (nSPS) is 11.7. The molecule has 0 aliphatic carbocycles. The molecule has 0 saturated carbocycles. The molecular formula is C19H17N3O4. The second kappa shape index (κ2) is 6.79. The van der Waals surface area contributed by atoms with E-state index in [1.54, 1.807) is 7.11 Å². The van der Waals surface area contributed by atoms with Crippen LogP contribution < -0.4 is 20.1 Å². The molecule has 2 amide bonds. The van der Waals surface area contributed by atoms with Gasteiger partial charge in [-0.05, 0) is 18.2 Å². The quantitative estimate of drug-likeness (QED) is 0.751. The monoisotopic (exact) mass is 351 g/mol. The molecule has 0 atom stereocenters. The van der Waals surface area contributed by atoms with Gasteiger partial charge in [0, 0.05) is 12.1 Å². The molecule has 2 aromatic carbocycles. The minimum Gasteiger partial charge on any atom is -0.496 e. The Morgan fingerprint density at radius 3 is 2.88 bits per heavy atom. The first kappa shape index (κ1) is 16.0. The van der Waals surface area contributed by atoms with Gasteiger partial charge in [-0.3, -0.25) is 5.32 Å². The molecule has 132 valence electrons. The van der Waals surface area contributed by atoms with Crippen LogP contribution >= 0.6 is 0 Å². The first-order valence-corrected chi connectivity index (χ1v) is 8.13. The molecule has 26 heavy (non-hydrogen) atoms. The van der Waals surface area contributed by atoms with Crippen molar-refractivity contribution in [2.24, 2.45) is 0 Å². The highest BCUT2D eigenvalue weighted by Gasteiger charge is 2.26. The first-order valence-electron chi connectivity index (χ1n) is 8.13. The van der Waals surface area contributed by atoms with Crippen LogP contribution in [0, 0.1) is 0 Å². The van der Waals surface area contributed by atoms with Crippen LogP contribution in [0.2, 0.25) is 0 Å². The zero-order valence-electron chi connectivity index (χ0n) is 14.1. The van der Waals surface area contributed by atoms with Gasteiger partial charge in [0.15, 0.2) is 11.6 Å². The van der Waals surface area contributed by atoms with E-state index in [-0.39, 0.29) is 12.6 Å². The summed E-state index contributed by atoms with van der Waals surface area (Å²) in [5, 5.41) is 9.47. The fraction of sp³-hybridized carbons (Fsp3) is 0.158. The van der Waals surface area contributed by atoms with Crippen molar-refractivity contribution < 1.29 is 18.8 Å². The zero-order chi connectivity index (χ0) is 17.9. The van der Waals surface area contributed by atoms with Crippen LogP contribution in [0.4, 0.5) is 10.6 Å². The van der Waals surface area contributed by atoms with E-state index < -0.39 is 0 Å². The summed E-state index contributed by atoms with van der Waals surface area (Å²) in [7, 11) is 1.60. The van der Waals surface area contributed by atoms with Crippen molar-refractivity contribution >= 4 is 11.8 Å². The maximum atomic E-state index is 12.2. The Labute approximate surface area is 149 Å². The topological polar surface area (TPSA) is 85.6 Å². The summed E-state index contributed by atoms with van der Waals surface area (Å²) < 4.78 is 16.4. The largest absolute Gasteiger partial charge is 0.496 e. The molecule has 0 fully saturated rings. The van der Waals surface area contributed by atoms with Gasteiger partial charge in [0.05, 0.1) is 18.2 Å². The third-order valence-electron chi connectivity index (χ3n) is 4.16. The van der Waals surface area contributed by atoms with Crippen molar-refractivity contribution in [3.8, 4) is 22.8 Å². The summed E-state index contributed by atoms with van der Waals surface area (Å²) in [6, 6.07) is 14.7. The fourth-order valence-corrected chi connectivity index (χ4v) is 2.86. The Hall–Kier alpha value is -3.48. The highest BCUT2D eigenvalue weighted by molar-refractivity contribution is 5.90. The number of nitrogens with zero attached hydrogens (tertiary/aromatic N) is 1. The van der Waals surface area contributed by atoms with Crippen molar-refractivity contribution in [3.63, 3.8) is 0 Å². The fourth-order valence-electron chi connectivity index (χ4n) is 2.86. The molecular weight excluding hydrogens is 334 g/mol. The van der Waals surface area contributed by atoms with Crippen molar-refractivity contribution in [3.05, 3.63) is 59.7 Å². The summed E-state index contributed by atoms with van der Waals surface area (Å²) >= 11 is 0. The second-order valence-electron chi connectivity index (χ2n) is 5.74. The van der Waals surface area contributed by atoms with E-state index in [1.165, 1.54) is 0 Å². The predicted molar refractivity (Wildman–Crippen MR) is 95.1 cm³/mol. The number of aromatic nitrogens is 1. The van der Waals surface area contributed by atoms with Gasteiger partial charge in [-0.25, -0.2) is 4.79 Å². The second-order valence-corrected chi connectivity index (χ2v) is 5.74. The Morgan fingerprint density at radius 1 is 1.19 bits per heavy atom. The van der Waals surface area contributed by atoms with Crippen LogP contribution in [0.15, 0.2) is 53.1 Å². The third-order valence-corrected chi connectivity index (χ3v) is 4.16. The van der Waals surface area contributed by atoms with Gasteiger partial charge in [-0.15, -0.1) is 0 Å². The predicted octanol–water partition coefficient (Wildman–Crippen LogP) is 3.56. The van der Waals surface area contributed by atoms with Crippen LogP contribution in [-0.4, -0.2) is 18.3 Å². The van der Waals surface area contributed by atoms with Crippen LogP contribution in [0.25, 0.3) is 11.3 Å². The maximum Gasteiger partial charge on any atom is 0.320 e. The van der Waals surface area contributed by atoms with Gasteiger partial charge in [0.2, 0.25) is 0 Å². The molecule has 1 aromatic heterocycles. The van der Waals surface area contributed by atoms with E-state index in [2.05, 4.69) is 15.8 Å². The molecule has 0 bridgehead atoms. The summed E-state index contributed by atoms with van der Waals surface area (Å²) in [5.74, 6) is 2.43. The zero-order valence-corrected chi connectivity index (χ0v) is 14.1. The lowest BCUT2D eigenvalue weighted by atomic mass is 10.1. The number of urea groups is 1. The number of hydrogen-bond acceptors (Lipinski definition) is 5. The van der Waals surface area contributed by atoms with E-state index >= 15 is 0 Å². The van der Waals surface area contributed by atoms with Crippen molar-refractivity contribution in [2.75, 3.05) is 12.4 Å². The van der Waals surface area contributed by atoms with Crippen LogP contribution in [0.1, 0.15) is 11.1 Å². The highest BCUT2D eigenvalue weighted by Crippen LogP contribution is 2.39. The lowest BCUT2D eigenvalue weighted by Gasteiger charge is -2.16. The maximum absolute atomic E-state index is 12.2. The van der Waals surface area contributed by atoms with Gasteiger partial charge >= 0.3 is 6.03 Å². The van der Waals surface area contributed by atoms with E-state index in [9.17, 15) is 4.79 Å². The summed E-state index contributed by atoms with van der Waals surface area (Å²) in [4.78, 5) is 12.2. The van der Waals surface area contributed by atoms with Gasteiger partial charge in [-0.1, -0.05) is 35.5 Å². The minimum absolute atomic E-state index is 0.290. The number of benzene rings is 2. The van der Waals surface area contributed by atoms with Gasteiger partial charge in [-0.2, -0.15) is 0 Å². The summed E-state index contributed by atoms with van der Waals surface area (Å²) in [5.41, 5.74) is 2.42. The Bertz CT molecular complexity index is 951. The van der Waals surface area contributed by atoms with Crippen molar-refractivity contribution in [2.45, 2.75) is 13.2 Å². The molecule has 4 rings (SSSR count). The van der Waals surface area contributed by atoms with Gasteiger partial charge in [0.25, 0.3) is 0 Å². The van der Waals surface area contributed by atoms with E-state index in [4.69, 9.17) is 14.0 Å². The molecule has 0 spiro atoms. The van der Waals surface area contributed by atoms with Crippen LogP contribution in [-0.2, 0) is 13.2 Å². The number of para-hydroxylation sites is 2. The van der Waals surface area contributed by atoms with Crippen molar-refractivity contribution in [1.82, 2.24) is 10.5 Å². The molecule has 7 heteroatoms. The van der Waals surface area contributed by atoms with Gasteiger partial charge < -0.3 is 19.3 Å². The minimum atomic E-state index is -0.383. The molecule has 0 saturated heterocycles. The summed E-state index contributed by atoms with van der Waals surface area (Å²) in [6.45, 7) is 0.618. The number of carbonyl (C=O) groups excluding carboxylic acids is 1. The standard InChI is InChI=1S/C19H17N3O4/c1-24-15-8-4-2-6-12(15)10-20-19(23)21-18-14-11-25-16-9-5-3-7-13(16)17(14)26-22-18/h2-9H,10-11H2,1H3,(H2,20,21,22,23). The van der Waals surface area contributed by atoms with Crippen LogP contribution in [0.3, 0.4) is 0 Å². The lowest BCUT2D eigenvalue weighted by molar-refractivity contribution is 0.251. The molecule has 0 unspecified atom stereocenters. The van der Waals surface area contributed by atoms with E-state index in [1.807, 2.05) is 48.5 Å². The molecule has 2 N–H and O–H groups in total. The number of rotatable bonds is 4. The van der Waals surface area contributed by atoms with Gasteiger partial charge in [0.1, 0.15) is 18.1 Å². The summed E-state index contributed by atoms with van der Waals surface area (Å²) in [6.07, 6.45) is 0. The molecule has 1 aliphatic heterocycles. The number of carbonyl (C=O) groups is 1. The van der Waals surface area contributed by atoms with E-state index in [0.29, 0.717) is 18.1 Å². The number of fused-ring (bicyclic) bond motifs is 3. The first-order chi connectivity index (χ1) is 12.8. The smallest absolute Gasteiger partial charge is 0.320 e. The SMILES string of the molecule is COc1ccccc1CNC(=O)Nc1noc2c1COc1ccccc1-2. The lowest BCUT2D eigenvalue weighted by Crippen LogP contribution is -2.29. The molecule has 3 aromatic rings. The number of amides is 2.